The highest BCUT2D eigenvalue weighted by Gasteiger charge is 2.57. The van der Waals surface area contributed by atoms with Gasteiger partial charge in [-0.2, -0.15) is 4.98 Å². The van der Waals surface area contributed by atoms with Gasteiger partial charge in [0.15, 0.2) is 17.3 Å². The van der Waals surface area contributed by atoms with Crippen LogP contribution < -0.4 is 11.3 Å². The van der Waals surface area contributed by atoms with Crippen molar-refractivity contribution in [1.82, 2.24) is 19.5 Å². The van der Waals surface area contributed by atoms with Crippen molar-refractivity contribution in [1.29, 1.82) is 0 Å². The van der Waals surface area contributed by atoms with Crippen molar-refractivity contribution in [3.05, 3.63) is 16.7 Å². The van der Waals surface area contributed by atoms with E-state index in [1.165, 1.54) is 13.4 Å². The number of ether oxygens (including phenoxy) is 3. The lowest BCUT2D eigenvalue weighted by molar-refractivity contribution is -0.316. The molecule has 0 aliphatic carbocycles. The average molecular weight is 357 g/mol. The fourth-order valence-electron chi connectivity index (χ4n) is 2.73. The van der Waals surface area contributed by atoms with Crippen LogP contribution in [0.5, 0.6) is 0 Å². The second-order valence-electron chi connectivity index (χ2n) is 5.48. The molecule has 0 radical (unpaired) electrons. The Kier molecular flexibility index (Phi) is 4.73. The van der Waals surface area contributed by atoms with Crippen molar-refractivity contribution in [3.63, 3.8) is 0 Å². The maximum atomic E-state index is 12.0. The number of aromatic nitrogens is 4. The number of anilines is 1. The molecule has 0 saturated carbocycles. The van der Waals surface area contributed by atoms with Crippen LogP contribution in [-0.4, -0.2) is 80.1 Å². The molecule has 0 spiro atoms. The molecule has 4 atom stereocenters. The Hall–Kier alpha value is -2.09. The number of nitrogens with one attached hydrogen (secondary N) is 1. The summed E-state index contributed by atoms with van der Waals surface area (Å²) in [5.74, 6) is -2.13. The summed E-state index contributed by atoms with van der Waals surface area (Å²) in [5.41, 5.74) is 4.92. The molecule has 0 aromatic carbocycles. The molecule has 12 nitrogen and oxygen atoms in total. The lowest BCUT2D eigenvalue weighted by atomic mass is 10.1. The Labute approximate surface area is 140 Å². The predicted molar refractivity (Wildman–Crippen MR) is 82.3 cm³/mol. The number of rotatable bonds is 6. The van der Waals surface area contributed by atoms with Gasteiger partial charge < -0.3 is 35.3 Å². The van der Waals surface area contributed by atoms with Crippen LogP contribution in [0.2, 0.25) is 0 Å². The van der Waals surface area contributed by atoms with Crippen LogP contribution in [0.3, 0.4) is 0 Å². The minimum Gasteiger partial charge on any atom is -0.394 e. The first-order valence-electron chi connectivity index (χ1n) is 7.45. The summed E-state index contributed by atoms with van der Waals surface area (Å²) in [7, 11) is 1.46. The molecule has 1 aliphatic heterocycles. The number of nitrogen functional groups attached to an aromatic ring is 1. The molecule has 25 heavy (non-hydrogen) atoms. The van der Waals surface area contributed by atoms with Gasteiger partial charge >= 0.3 is 0 Å². The lowest BCUT2D eigenvalue weighted by Gasteiger charge is -2.33. The van der Waals surface area contributed by atoms with E-state index in [9.17, 15) is 20.1 Å². The predicted octanol–water partition coefficient (Wildman–Crippen LogP) is -2.91. The molecule has 1 fully saturated rings. The van der Waals surface area contributed by atoms with Gasteiger partial charge in [0.05, 0.1) is 19.8 Å². The lowest BCUT2D eigenvalue weighted by Crippen LogP contribution is -2.48. The van der Waals surface area contributed by atoms with Crippen molar-refractivity contribution in [2.24, 2.45) is 0 Å². The molecular formula is C13H19N5O7. The standard InChI is InChI=1S/C13H19N5O7/c1-23-2-3-24-13(9(21)8(20)6(4-19)25-13)18-5-15-7-10(18)16-12(14)17-11(7)22/h5-6,8-9,19-21H,2-4H2,1H3,(H3,14,16,17,22)/t6-,8-,9-,13-/m1/s1. The van der Waals surface area contributed by atoms with Crippen LogP contribution in [0, 0.1) is 0 Å². The molecule has 2 aromatic heterocycles. The molecule has 3 rings (SSSR count). The summed E-state index contributed by atoms with van der Waals surface area (Å²) < 4.78 is 17.3. The van der Waals surface area contributed by atoms with Crippen LogP contribution in [0.4, 0.5) is 5.95 Å². The van der Waals surface area contributed by atoms with E-state index in [2.05, 4.69) is 15.0 Å². The highest BCUT2D eigenvalue weighted by molar-refractivity contribution is 5.70. The number of aliphatic hydroxyl groups is 3. The smallest absolute Gasteiger partial charge is 0.288 e. The first-order valence-corrected chi connectivity index (χ1v) is 7.45. The molecule has 0 bridgehead atoms. The van der Waals surface area contributed by atoms with Crippen LogP contribution in [0.15, 0.2) is 11.1 Å². The molecular weight excluding hydrogens is 338 g/mol. The SMILES string of the molecule is COCCO[C@@]1(n2cnc3c(=O)[nH]c(N)nc32)O[C@H](CO)[C@@H](O)[C@H]1O. The van der Waals surface area contributed by atoms with Crippen LogP contribution in [0.25, 0.3) is 11.2 Å². The van der Waals surface area contributed by atoms with Gasteiger partial charge in [-0.15, -0.1) is 0 Å². The van der Waals surface area contributed by atoms with Gasteiger partial charge in [-0.05, 0) is 0 Å². The quantitative estimate of drug-likeness (QED) is 0.336. The summed E-state index contributed by atoms with van der Waals surface area (Å²) in [6.07, 6.45) is -2.98. The van der Waals surface area contributed by atoms with E-state index in [-0.39, 0.29) is 30.3 Å². The van der Waals surface area contributed by atoms with Gasteiger partial charge in [0.25, 0.3) is 11.5 Å². The second kappa shape index (κ2) is 6.67. The third-order valence-electron chi connectivity index (χ3n) is 3.94. The largest absolute Gasteiger partial charge is 0.394 e. The molecule has 6 N–H and O–H groups in total. The number of hydrogen-bond donors (Lipinski definition) is 5. The van der Waals surface area contributed by atoms with E-state index in [4.69, 9.17) is 19.9 Å². The molecule has 3 heterocycles. The number of aromatic amines is 1. The third kappa shape index (κ3) is 2.78. The Morgan fingerprint density at radius 1 is 1.48 bits per heavy atom. The number of hydrogen-bond acceptors (Lipinski definition) is 10. The van der Waals surface area contributed by atoms with Crippen LogP contribution in [-0.2, 0) is 20.1 Å². The van der Waals surface area contributed by atoms with Crippen molar-refractivity contribution >= 4 is 17.1 Å². The maximum Gasteiger partial charge on any atom is 0.288 e. The maximum absolute atomic E-state index is 12.0. The van der Waals surface area contributed by atoms with E-state index in [0.717, 1.165) is 4.57 Å². The van der Waals surface area contributed by atoms with Crippen LogP contribution >= 0.6 is 0 Å². The molecule has 0 unspecified atom stereocenters. The van der Waals surface area contributed by atoms with Crippen LogP contribution in [0.1, 0.15) is 0 Å². The van der Waals surface area contributed by atoms with E-state index in [1.54, 1.807) is 0 Å². The molecule has 138 valence electrons. The number of H-pyrrole nitrogens is 1. The summed E-state index contributed by atoms with van der Waals surface area (Å²) in [5, 5.41) is 30.0. The minimum absolute atomic E-state index is 0.0106. The Morgan fingerprint density at radius 2 is 2.24 bits per heavy atom. The number of aliphatic hydroxyl groups excluding tert-OH is 3. The van der Waals surface area contributed by atoms with Gasteiger partial charge in [-0.1, -0.05) is 0 Å². The molecule has 12 heteroatoms. The Balaban J connectivity index is 2.14. The van der Waals surface area contributed by atoms with E-state index >= 15 is 0 Å². The van der Waals surface area contributed by atoms with Gasteiger partial charge in [0.2, 0.25) is 5.95 Å². The number of fused-ring (bicyclic) bond motifs is 1. The molecule has 2 aromatic rings. The van der Waals surface area contributed by atoms with Crippen molar-refractivity contribution in [2.45, 2.75) is 24.2 Å². The topological polar surface area (TPSA) is 178 Å². The number of nitrogens with two attached hydrogens (primary N) is 1. The Morgan fingerprint density at radius 3 is 2.88 bits per heavy atom. The van der Waals surface area contributed by atoms with E-state index in [0.29, 0.717) is 0 Å². The molecule has 1 saturated heterocycles. The van der Waals surface area contributed by atoms with Gasteiger partial charge in [-0.3, -0.25) is 14.3 Å². The summed E-state index contributed by atoms with van der Waals surface area (Å²) in [6.45, 7) is -0.409. The number of nitrogens with zero attached hydrogens (tertiary/aromatic N) is 3. The summed E-state index contributed by atoms with van der Waals surface area (Å²) in [6, 6.07) is 0. The summed E-state index contributed by atoms with van der Waals surface area (Å²) >= 11 is 0. The zero-order valence-corrected chi connectivity index (χ0v) is 13.3. The Bertz CT molecular complexity index is 808. The monoisotopic (exact) mass is 357 g/mol. The first-order chi connectivity index (χ1) is 11.9. The second-order valence-corrected chi connectivity index (χ2v) is 5.48. The fraction of sp³-hybridized carbons (Fsp3) is 0.615. The van der Waals surface area contributed by atoms with Crippen molar-refractivity contribution < 1.29 is 29.5 Å². The average Bonchev–Trinajstić information content (AvgIpc) is 3.10. The third-order valence-corrected chi connectivity index (χ3v) is 3.94. The zero-order valence-electron chi connectivity index (χ0n) is 13.3. The highest BCUT2D eigenvalue weighted by Crippen LogP contribution is 2.38. The van der Waals surface area contributed by atoms with Crippen molar-refractivity contribution in [2.75, 3.05) is 32.7 Å². The molecule has 0 amide bonds. The normalized spacial score (nSPS) is 29.5. The number of imidazole rings is 1. The van der Waals surface area contributed by atoms with E-state index < -0.39 is 36.4 Å². The minimum atomic E-state index is -1.96. The van der Waals surface area contributed by atoms with Gasteiger partial charge in [-0.25, -0.2) is 4.98 Å². The first kappa shape index (κ1) is 17.7. The summed E-state index contributed by atoms with van der Waals surface area (Å²) in [4.78, 5) is 22.2. The van der Waals surface area contributed by atoms with E-state index in [1.807, 2.05) is 0 Å². The number of methoxy groups -OCH3 is 1. The fourth-order valence-corrected chi connectivity index (χ4v) is 2.73. The molecule has 1 aliphatic rings. The highest BCUT2D eigenvalue weighted by atomic mass is 16.8. The van der Waals surface area contributed by atoms with Gasteiger partial charge in [0.1, 0.15) is 18.5 Å². The van der Waals surface area contributed by atoms with Crippen molar-refractivity contribution in [3.8, 4) is 0 Å². The van der Waals surface area contributed by atoms with Gasteiger partial charge in [0, 0.05) is 7.11 Å². The zero-order chi connectivity index (χ0) is 18.2.